The smallest absolute Gasteiger partial charge is 0.227 e. The Balaban J connectivity index is 0.000000754. The minimum Gasteiger partial charge on any atom is -0.748 e. The van der Waals surface area contributed by atoms with E-state index in [9.17, 15) is 0 Å². The van der Waals surface area contributed by atoms with Crippen LogP contribution in [0.4, 0.5) is 0 Å². The number of aliphatic hydroxyl groups is 2. The van der Waals surface area contributed by atoms with E-state index < -0.39 is 83.4 Å². The van der Waals surface area contributed by atoms with E-state index in [2.05, 4.69) is 59.9 Å². The fourth-order valence-corrected chi connectivity index (χ4v) is 7.14. The van der Waals surface area contributed by atoms with Crippen LogP contribution in [0.1, 0.15) is 116 Å². The minimum absolute atomic E-state index is 0. The molecule has 0 fully saturated rings. The van der Waals surface area contributed by atoms with Crippen molar-refractivity contribution in [3.8, 4) is 56.9 Å². The second kappa shape index (κ2) is 41.9. The van der Waals surface area contributed by atoms with Gasteiger partial charge >= 0.3 is 0 Å². The third-order valence-electron chi connectivity index (χ3n) is 11.3. The van der Waals surface area contributed by atoms with Gasteiger partial charge < -0.3 is 38.6 Å². The molecule has 8 aromatic heterocycles. The summed E-state index contributed by atoms with van der Waals surface area (Å²) in [5.41, 5.74) is 5.33. The monoisotopic (exact) mass is 1640 g/mol. The van der Waals surface area contributed by atoms with Crippen LogP contribution in [0.3, 0.4) is 0 Å². The summed E-state index contributed by atoms with van der Waals surface area (Å²) in [5.74, 6) is 5.36. The zero-order valence-electron chi connectivity index (χ0n) is 78.2. The molecule has 0 unspecified atom stereocenters. The molecule has 0 saturated carbocycles. The first-order valence-corrected chi connectivity index (χ1v) is 27.9. The summed E-state index contributed by atoms with van der Waals surface area (Å²) in [6, 6.07) is 34.0. The van der Waals surface area contributed by atoms with Crippen LogP contribution in [0.5, 0.6) is 0 Å². The van der Waals surface area contributed by atoms with E-state index in [1.165, 1.54) is 55.9 Å². The molecule has 0 aliphatic rings. The topological polar surface area (TPSA) is 201 Å². The van der Waals surface area contributed by atoms with Crippen LogP contribution in [0, 0.1) is 98.7 Å². The molecular weight excluding hydrogens is 1530 g/mol. The van der Waals surface area contributed by atoms with Crippen molar-refractivity contribution in [3.05, 3.63) is 226 Å². The average molecular weight is 1640 g/mol. The van der Waals surface area contributed by atoms with Crippen LogP contribution in [0.15, 0.2) is 161 Å². The first-order chi connectivity index (χ1) is 54.3. The molecule has 0 saturated heterocycles. The molecule has 0 aliphatic carbocycles. The number of para-hydroxylation sites is 1. The summed E-state index contributed by atoms with van der Waals surface area (Å²) in [6.07, 6.45) is 4.95. The average Bonchev–Trinajstić information content (AvgIpc) is 1.63. The number of aromatic nitrogens is 6. The number of hydrogen-bond donors (Lipinski definition) is 2. The van der Waals surface area contributed by atoms with Crippen molar-refractivity contribution in [2.45, 2.75) is 89.9 Å². The zero-order chi connectivity index (χ0) is 90.1. The summed E-state index contributed by atoms with van der Waals surface area (Å²) in [6.45, 7) is -11.5. The molecule has 12 rings (SSSR count). The SMILES string of the molecule is C.CC#CC.CO.CO.CS(=O)(=O)[O-].[2H]C([2H])([2H])c1c[c-]c(-c2cc(C)c(C([2H])([2H])[2H])cn2)cc1.[2H]C([2H])([2H])c1c[c-]c(-c2cc(C)c(C([2H])([2H])[2H])cn2)cc1.[2H]c1c(C([2H])([2H])[2H])cnc(-c2[c-]ccc3c2oc2nc(C([2H])([2H])[2H])ccc23)c1[2H].[2H]c1c(C([2H])([2H])[2H])cnc(-c2cccc3c2oc2nc(C([2H])([2H])[2H])ccc23)c1[2H].[B][B]B([B])[B].[Ir].[Ir]. The molecule has 12 aromatic rings. The van der Waals surface area contributed by atoms with Crippen LogP contribution in [0.2, 0.25) is 0 Å². The Hall–Kier alpha value is -7.61. The molecule has 0 aliphatic heterocycles. The summed E-state index contributed by atoms with van der Waals surface area (Å²) in [7, 11) is 13.9. The van der Waals surface area contributed by atoms with Crippen molar-refractivity contribution >= 4 is 90.9 Å². The van der Waals surface area contributed by atoms with Gasteiger partial charge in [0.15, 0.2) is 0 Å². The summed E-state index contributed by atoms with van der Waals surface area (Å²) in [4.78, 5) is 24.7. The fraction of sp³-hybridized carbons (Fsp3) is 0.222. The zero-order valence-corrected chi connectivity index (χ0v) is 55.8. The van der Waals surface area contributed by atoms with E-state index in [1.807, 2.05) is 13.8 Å². The van der Waals surface area contributed by atoms with Gasteiger partial charge in [0, 0.05) is 188 Å². The Labute approximate surface area is 622 Å². The number of fused-ring (bicyclic) bond motifs is 6. The number of furan rings is 2. The number of aryl methyl sites for hydroxylation is 10. The molecule has 479 valence electrons. The van der Waals surface area contributed by atoms with Gasteiger partial charge in [-0.1, -0.05) is 85.6 Å². The number of aliphatic hydroxyl groups excluding tert-OH is 2. The molecule has 13 nitrogen and oxygen atoms in total. The van der Waals surface area contributed by atoms with Crippen LogP contribution in [-0.2, 0) is 50.3 Å². The van der Waals surface area contributed by atoms with Gasteiger partial charge in [0.05, 0.1) is 26.9 Å². The van der Waals surface area contributed by atoms with Gasteiger partial charge in [0.2, 0.25) is 11.4 Å². The van der Waals surface area contributed by atoms with Crippen molar-refractivity contribution in [1.29, 1.82) is 0 Å². The second-order valence-electron chi connectivity index (χ2n) is 17.8. The largest absolute Gasteiger partial charge is 0.748 e. The number of pyridine rings is 6. The molecule has 2 N–H and O–H groups in total. The molecule has 8 heterocycles. The van der Waals surface area contributed by atoms with Gasteiger partial charge in [-0.05, 0) is 145 Å². The van der Waals surface area contributed by atoms with E-state index in [4.69, 9.17) is 93.6 Å². The first-order valence-electron chi connectivity index (χ1n) is 40.0. The third kappa shape index (κ3) is 26.4. The summed E-state index contributed by atoms with van der Waals surface area (Å²) < 4.78 is 250. The standard InChI is InChI=1S/C18H14N2O.C18H13N2O.2C14H14N.C4H6.CH4O3S.2CH4O.CH4.B5.2Ir/c2*1-11-6-9-16(19-10-11)15-5-3-4-13-14-8-7-12(2)20-18(14)21-17(13)15;2*1-10-4-6-13(7-5-10)14-8-11(2)12(3)9-15-14;1-3-4-2;1-5(2,3)4;2*1-2;;1-4-5(2)3;;/h3-10H,1-2H3;3-4,6-10H,1-2H3;2*4-6,8-9H,1-3H3;1-2H3;1H3,(H,2,3,4);2*2H,1H3;1H4;;;/q;3*-1;;;;;;;;/p-1/i2*1D3,2D3,6D,9D;2*1D3,3D3;;;;;;;;. The van der Waals surface area contributed by atoms with E-state index in [-0.39, 0.29) is 138 Å². The maximum atomic E-state index is 9.08. The van der Waals surface area contributed by atoms with Crippen molar-refractivity contribution in [1.82, 2.24) is 29.9 Å². The van der Waals surface area contributed by atoms with Crippen LogP contribution < -0.4 is 0 Å². The van der Waals surface area contributed by atoms with Gasteiger partial charge in [-0.3, -0.25) is 4.98 Å². The van der Waals surface area contributed by atoms with Gasteiger partial charge in [-0.2, -0.15) is 0 Å². The van der Waals surface area contributed by atoms with Crippen LogP contribution >= 0.6 is 0 Å². The maximum absolute atomic E-state index is 9.08. The Bertz CT molecular complexity index is 5280. The molecule has 0 bridgehead atoms. The van der Waals surface area contributed by atoms with E-state index in [1.54, 1.807) is 80.6 Å². The molecular formula is C72H76B5Ir2N6O7S-4. The Morgan fingerprint density at radius 3 is 1.42 bits per heavy atom. The van der Waals surface area contributed by atoms with Gasteiger partial charge in [-0.15, -0.1) is 101 Å². The Kier molecular flexibility index (Phi) is 21.3. The Morgan fingerprint density at radius 1 is 0.570 bits per heavy atom. The van der Waals surface area contributed by atoms with Gasteiger partial charge in [0.25, 0.3) is 0 Å². The third-order valence-corrected chi connectivity index (χ3v) is 11.3. The quantitative estimate of drug-likeness (QED) is 0.0714. The van der Waals surface area contributed by atoms with Crippen LogP contribution in [-0.4, -0.2) is 110 Å². The second-order valence-corrected chi connectivity index (χ2v) is 19.3. The maximum Gasteiger partial charge on any atom is 0.227 e. The number of hydrogen-bond acceptors (Lipinski definition) is 13. The minimum atomic E-state index is -3.92. The first kappa shape index (κ1) is 47.3. The molecule has 93 heavy (non-hydrogen) atoms. The van der Waals surface area contributed by atoms with Crippen molar-refractivity contribution in [3.63, 3.8) is 0 Å². The van der Waals surface area contributed by atoms with Crippen molar-refractivity contribution in [2.75, 3.05) is 20.5 Å². The summed E-state index contributed by atoms with van der Waals surface area (Å²) >= 11 is 0. The van der Waals surface area contributed by atoms with Crippen LogP contribution in [0.25, 0.3) is 89.2 Å². The van der Waals surface area contributed by atoms with Gasteiger partial charge in [0.1, 0.15) is 5.58 Å². The van der Waals surface area contributed by atoms with Crippen molar-refractivity contribution < 1.29 is 111 Å². The van der Waals surface area contributed by atoms with E-state index in [0.29, 0.717) is 72.6 Å². The predicted octanol–water partition coefficient (Wildman–Crippen LogP) is 14.2. The molecule has 0 atom stereocenters. The Morgan fingerprint density at radius 2 is 1.01 bits per heavy atom. The van der Waals surface area contributed by atoms with E-state index in [0.717, 1.165) is 26.6 Å². The summed E-state index contributed by atoms with van der Waals surface area (Å²) in [5, 5.41) is 16.5. The fourth-order valence-electron chi connectivity index (χ4n) is 7.14. The molecule has 21 heteroatoms. The molecule has 9 radical (unpaired) electrons. The van der Waals surface area contributed by atoms with Gasteiger partial charge in [-0.25, -0.2) is 18.4 Å². The van der Waals surface area contributed by atoms with E-state index >= 15 is 0 Å². The molecule has 0 spiro atoms. The number of benzene rings is 4. The molecule has 0 amide bonds. The predicted molar refractivity (Wildman–Crippen MR) is 379 cm³/mol. The number of rotatable bonds is 5. The molecule has 4 aromatic carbocycles. The normalized spacial score (nSPS) is 15.2. The van der Waals surface area contributed by atoms with Crippen molar-refractivity contribution in [2.24, 2.45) is 0 Å². The number of nitrogens with zero attached hydrogens (tertiary/aromatic N) is 6.